The molecule has 1 aliphatic heterocycles. The molecule has 0 N–H and O–H groups in total. The lowest BCUT2D eigenvalue weighted by Crippen LogP contribution is -2.35. The van der Waals surface area contributed by atoms with Gasteiger partial charge in [0.05, 0.1) is 0 Å². The third-order valence-electron chi connectivity index (χ3n) is 2.72. The predicted molar refractivity (Wildman–Crippen MR) is 58.1 cm³/mol. The van der Waals surface area contributed by atoms with Crippen LogP contribution in [0.4, 0.5) is 10.2 Å². The van der Waals surface area contributed by atoms with Gasteiger partial charge in [-0.2, -0.15) is 0 Å². The van der Waals surface area contributed by atoms with Crippen molar-refractivity contribution in [1.82, 2.24) is 9.97 Å². The highest BCUT2D eigenvalue weighted by Crippen LogP contribution is 2.25. The van der Waals surface area contributed by atoms with Crippen LogP contribution in [-0.2, 0) is 0 Å². The first-order valence-electron chi connectivity index (χ1n) is 5.04. The third-order valence-corrected chi connectivity index (χ3v) is 3.10. The van der Waals surface area contributed by atoms with Gasteiger partial charge in [0.1, 0.15) is 23.5 Å². The first-order chi connectivity index (χ1) is 7.18. The highest BCUT2D eigenvalue weighted by atomic mass is 35.5. The van der Waals surface area contributed by atoms with Crippen molar-refractivity contribution in [3.8, 4) is 0 Å². The Bertz CT molecular complexity index is 351. The van der Waals surface area contributed by atoms with Crippen molar-refractivity contribution in [3.05, 3.63) is 17.0 Å². The van der Waals surface area contributed by atoms with E-state index in [-0.39, 0.29) is 0 Å². The Morgan fingerprint density at radius 1 is 1.40 bits per heavy atom. The monoisotopic (exact) mass is 229 g/mol. The smallest absolute Gasteiger partial charge is 0.137 e. The van der Waals surface area contributed by atoms with Crippen LogP contribution in [0.15, 0.2) is 6.33 Å². The van der Waals surface area contributed by atoms with E-state index in [1.165, 1.54) is 6.33 Å². The summed E-state index contributed by atoms with van der Waals surface area (Å²) in [6, 6.07) is 0. The molecule has 1 aliphatic rings. The van der Waals surface area contributed by atoms with Crippen LogP contribution in [0.25, 0.3) is 0 Å². The Kier molecular flexibility index (Phi) is 3.05. The Hall–Kier alpha value is -0.900. The van der Waals surface area contributed by atoms with Gasteiger partial charge in [-0.15, -0.1) is 0 Å². The van der Waals surface area contributed by atoms with E-state index in [0.717, 1.165) is 11.4 Å². The van der Waals surface area contributed by atoms with Crippen molar-refractivity contribution < 1.29 is 4.39 Å². The normalized spacial score (nSPS) is 18.2. The summed E-state index contributed by atoms with van der Waals surface area (Å²) in [7, 11) is 0. The van der Waals surface area contributed by atoms with Crippen LogP contribution >= 0.6 is 11.6 Å². The number of alkyl halides is 1. The number of rotatable bonds is 1. The van der Waals surface area contributed by atoms with Gasteiger partial charge >= 0.3 is 0 Å². The summed E-state index contributed by atoms with van der Waals surface area (Å²) in [6.45, 7) is 3.30. The van der Waals surface area contributed by atoms with Gasteiger partial charge in [0, 0.05) is 18.7 Å². The number of hydrogen-bond acceptors (Lipinski definition) is 3. The molecule has 2 heterocycles. The van der Waals surface area contributed by atoms with E-state index in [0.29, 0.717) is 31.1 Å². The minimum atomic E-state index is -0.668. The quantitative estimate of drug-likeness (QED) is 0.693. The lowest BCUT2D eigenvalue weighted by atomic mass is 10.1. The lowest BCUT2D eigenvalue weighted by Gasteiger charge is -2.30. The van der Waals surface area contributed by atoms with Gasteiger partial charge in [-0.3, -0.25) is 0 Å². The predicted octanol–water partition coefficient (Wildman–Crippen LogP) is 2.38. The van der Waals surface area contributed by atoms with E-state index < -0.39 is 6.17 Å². The molecule has 0 aliphatic carbocycles. The molecular weight excluding hydrogens is 217 g/mol. The second kappa shape index (κ2) is 4.31. The van der Waals surface area contributed by atoms with E-state index >= 15 is 0 Å². The van der Waals surface area contributed by atoms with E-state index in [1.54, 1.807) is 0 Å². The van der Waals surface area contributed by atoms with Crippen LogP contribution in [0.3, 0.4) is 0 Å². The largest absolute Gasteiger partial charge is 0.356 e. The van der Waals surface area contributed by atoms with Crippen LogP contribution in [0.5, 0.6) is 0 Å². The Balaban J connectivity index is 2.19. The van der Waals surface area contributed by atoms with E-state index in [4.69, 9.17) is 11.6 Å². The highest BCUT2D eigenvalue weighted by molar-refractivity contribution is 6.30. The molecule has 5 heteroatoms. The molecule has 0 bridgehead atoms. The van der Waals surface area contributed by atoms with Crippen molar-refractivity contribution in [2.45, 2.75) is 25.9 Å². The van der Waals surface area contributed by atoms with Gasteiger partial charge in [-0.1, -0.05) is 11.6 Å². The molecule has 0 radical (unpaired) electrons. The number of halogens is 2. The average Bonchev–Trinajstić information content (AvgIpc) is 2.24. The van der Waals surface area contributed by atoms with Crippen molar-refractivity contribution >= 4 is 17.4 Å². The average molecular weight is 230 g/mol. The number of anilines is 1. The van der Waals surface area contributed by atoms with Crippen LogP contribution in [-0.4, -0.2) is 29.2 Å². The van der Waals surface area contributed by atoms with Gasteiger partial charge in [-0.05, 0) is 19.8 Å². The van der Waals surface area contributed by atoms with E-state index in [2.05, 4.69) is 14.9 Å². The van der Waals surface area contributed by atoms with Crippen molar-refractivity contribution in [2.75, 3.05) is 18.0 Å². The molecule has 15 heavy (non-hydrogen) atoms. The summed E-state index contributed by atoms with van der Waals surface area (Å²) in [5.41, 5.74) is 0.872. The molecule has 0 unspecified atom stereocenters. The van der Waals surface area contributed by atoms with Gasteiger partial charge in [0.2, 0.25) is 0 Å². The molecule has 1 aromatic rings. The third kappa shape index (κ3) is 2.20. The summed E-state index contributed by atoms with van der Waals surface area (Å²) in [5, 5.41) is 0.474. The molecule has 82 valence electrons. The second-order valence-electron chi connectivity index (χ2n) is 3.77. The Morgan fingerprint density at radius 2 is 2.07 bits per heavy atom. The van der Waals surface area contributed by atoms with Crippen LogP contribution in [0.2, 0.25) is 5.15 Å². The van der Waals surface area contributed by atoms with E-state index in [1.807, 2.05) is 6.92 Å². The van der Waals surface area contributed by atoms with Gasteiger partial charge in [-0.25, -0.2) is 14.4 Å². The number of piperidine rings is 1. The van der Waals surface area contributed by atoms with Gasteiger partial charge < -0.3 is 4.90 Å². The fourth-order valence-electron chi connectivity index (χ4n) is 1.80. The molecule has 1 aromatic heterocycles. The highest BCUT2D eigenvalue weighted by Gasteiger charge is 2.21. The molecular formula is C10H13ClFN3. The fraction of sp³-hybridized carbons (Fsp3) is 0.600. The van der Waals surface area contributed by atoms with Gasteiger partial charge in [0.15, 0.2) is 0 Å². The maximum Gasteiger partial charge on any atom is 0.137 e. The summed E-state index contributed by atoms with van der Waals surface area (Å²) in [5.74, 6) is 0.835. The van der Waals surface area contributed by atoms with Gasteiger partial charge in [0.25, 0.3) is 0 Å². The lowest BCUT2D eigenvalue weighted by molar-refractivity contribution is 0.276. The molecule has 0 atom stereocenters. The molecule has 0 saturated carbocycles. The molecule has 3 nitrogen and oxygen atoms in total. The molecule has 0 amide bonds. The molecule has 0 aromatic carbocycles. The first kappa shape index (κ1) is 10.6. The molecule has 1 fully saturated rings. The topological polar surface area (TPSA) is 29.0 Å². The summed E-state index contributed by atoms with van der Waals surface area (Å²) < 4.78 is 13.0. The van der Waals surface area contributed by atoms with Crippen LogP contribution in [0.1, 0.15) is 18.4 Å². The molecule has 2 rings (SSSR count). The molecule has 1 saturated heterocycles. The summed E-state index contributed by atoms with van der Waals surface area (Å²) >= 11 is 5.91. The minimum absolute atomic E-state index is 0.474. The fourth-order valence-corrected chi connectivity index (χ4v) is 1.93. The second-order valence-corrected chi connectivity index (χ2v) is 4.13. The van der Waals surface area contributed by atoms with Crippen molar-refractivity contribution in [1.29, 1.82) is 0 Å². The van der Waals surface area contributed by atoms with Crippen molar-refractivity contribution in [2.24, 2.45) is 0 Å². The summed E-state index contributed by atoms with van der Waals surface area (Å²) in [6.07, 6.45) is 1.92. The van der Waals surface area contributed by atoms with Crippen LogP contribution < -0.4 is 4.90 Å². The van der Waals surface area contributed by atoms with Crippen LogP contribution in [0, 0.1) is 6.92 Å². The number of hydrogen-bond donors (Lipinski definition) is 0. The Morgan fingerprint density at radius 3 is 2.73 bits per heavy atom. The first-order valence-corrected chi connectivity index (χ1v) is 5.42. The zero-order chi connectivity index (χ0) is 10.8. The number of nitrogens with zero attached hydrogens (tertiary/aromatic N) is 3. The maximum absolute atomic E-state index is 13.0. The number of aromatic nitrogens is 2. The zero-order valence-electron chi connectivity index (χ0n) is 8.58. The SMILES string of the molecule is Cc1c(Cl)ncnc1N1CCC(F)CC1. The molecule has 0 spiro atoms. The zero-order valence-corrected chi connectivity index (χ0v) is 9.34. The minimum Gasteiger partial charge on any atom is -0.356 e. The van der Waals surface area contributed by atoms with E-state index in [9.17, 15) is 4.39 Å². The maximum atomic E-state index is 13.0. The summed E-state index contributed by atoms with van der Waals surface area (Å²) in [4.78, 5) is 10.2. The standard InChI is InChI=1S/C10H13ClFN3/c1-7-9(11)13-6-14-10(7)15-4-2-8(12)3-5-15/h6,8H,2-5H2,1H3. The van der Waals surface area contributed by atoms with Crippen molar-refractivity contribution in [3.63, 3.8) is 0 Å². The Labute approximate surface area is 93.3 Å².